The molecule has 2 fully saturated rings. The average molecular weight is 333 g/mol. The van der Waals surface area contributed by atoms with Crippen LogP contribution in [-0.2, 0) is 0 Å². The van der Waals surface area contributed by atoms with Crippen molar-refractivity contribution in [1.29, 1.82) is 0 Å². The van der Waals surface area contributed by atoms with Gasteiger partial charge in [0, 0.05) is 24.3 Å². The number of nitrogens with one attached hydrogen (secondary N) is 3. The van der Waals surface area contributed by atoms with Gasteiger partial charge < -0.3 is 16.0 Å². The topological polar surface area (TPSA) is 48.4 Å². The van der Waals surface area contributed by atoms with Crippen molar-refractivity contribution in [3.63, 3.8) is 0 Å². The molecule has 0 unspecified atom stereocenters. The van der Waals surface area contributed by atoms with Crippen molar-refractivity contribution in [3.8, 4) is 0 Å². The van der Waals surface area contributed by atoms with Crippen molar-refractivity contribution in [2.45, 2.75) is 94.8 Å². The predicted molar refractivity (Wildman–Crippen MR) is 103 cm³/mol. The highest BCUT2D eigenvalue weighted by Crippen LogP contribution is 2.21. The number of allylic oxidation sites excluding steroid dienone is 1. The molecule has 0 saturated heterocycles. The van der Waals surface area contributed by atoms with Crippen LogP contribution in [0.15, 0.2) is 17.3 Å². The van der Waals surface area contributed by atoms with E-state index >= 15 is 0 Å². The van der Waals surface area contributed by atoms with Crippen molar-refractivity contribution in [2.24, 2.45) is 4.99 Å². The summed E-state index contributed by atoms with van der Waals surface area (Å²) in [6, 6.07) is 2.28. The van der Waals surface area contributed by atoms with Crippen LogP contribution in [0.1, 0.15) is 70.6 Å². The van der Waals surface area contributed by atoms with Crippen molar-refractivity contribution in [2.75, 3.05) is 13.1 Å². The summed E-state index contributed by atoms with van der Waals surface area (Å²) in [5.41, 5.74) is 0. The first kappa shape index (κ1) is 17.9. The van der Waals surface area contributed by atoms with Crippen LogP contribution in [0, 0.1) is 0 Å². The lowest BCUT2D eigenvalue weighted by Crippen LogP contribution is -2.48. The lowest BCUT2D eigenvalue weighted by molar-refractivity contribution is 0.300. The molecule has 1 heterocycles. The standard InChI is InChI=1S/C20H36N4/c1-6-13-21-17-9-2-4-11-19(17)23-15-8-16-24-20-12-5-3-10-18(20)22-14-7-1/h8,15-23H,1-7,9-14H2/t17-,18-,19-,20-/m1/s1. The molecule has 0 amide bonds. The fourth-order valence-electron chi connectivity index (χ4n) is 4.49. The zero-order chi connectivity index (χ0) is 16.5. The number of hydrogen-bond donors (Lipinski definition) is 3. The quantitative estimate of drug-likeness (QED) is 0.639. The Morgan fingerprint density at radius 1 is 0.667 bits per heavy atom. The van der Waals surface area contributed by atoms with Crippen LogP contribution in [0.5, 0.6) is 0 Å². The van der Waals surface area contributed by atoms with Gasteiger partial charge in [-0.3, -0.25) is 4.99 Å². The summed E-state index contributed by atoms with van der Waals surface area (Å²) in [6.07, 6.45) is 20.7. The molecule has 1 aliphatic heterocycles. The van der Waals surface area contributed by atoms with E-state index < -0.39 is 0 Å². The molecule has 136 valence electrons. The third-order valence-electron chi connectivity index (χ3n) is 5.93. The fraction of sp³-hybridized carbons (Fsp3) is 0.850. The summed E-state index contributed by atoms with van der Waals surface area (Å²) in [5.74, 6) is 0. The summed E-state index contributed by atoms with van der Waals surface area (Å²) >= 11 is 0. The van der Waals surface area contributed by atoms with Gasteiger partial charge in [0.25, 0.3) is 0 Å². The normalized spacial score (nSPS) is 36.3. The molecule has 4 heteroatoms. The van der Waals surface area contributed by atoms with Crippen LogP contribution in [0.3, 0.4) is 0 Å². The third-order valence-corrected chi connectivity index (χ3v) is 5.93. The number of fused-ring (bicyclic) bond motifs is 2. The van der Waals surface area contributed by atoms with Crippen LogP contribution in [0.2, 0.25) is 0 Å². The number of aliphatic imine (C=N–C) groups is 1. The van der Waals surface area contributed by atoms with Crippen LogP contribution in [0.4, 0.5) is 0 Å². The smallest absolute Gasteiger partial charge is 0.0652 e. The van der Waals surface area contributed by atoms with Crippen molar-refractivity contribution in [1.82, 2.24) is 16.0 Å². The molecular weight excluding hydrogens is 296 g/mol. The maximum Gasteiger partial charge on any atom is 0.0652 e. The molecule has 0 aromatic heterocycles. The lowest BCUT2D eigenvalue weighted by Gasteiger charge is -2.33. The van der Waals surface area contributed by atoms with Gasteiger partial charge in [0.2, 0.25) is 0 Å². The summed E-state index contributed by atoms with van der Waals surface area (Å²) in [4.78, 5) is 4.85. The average Bonchev–Trinajstić information content (AvgIpc) is 2.62. The second-order valence-electron chi connectivity index (χ2n) is 7.75. The maximum atomic E-state index is 4.85. The van der Waals surface area contributed by atoms with Crippen LogP contribution < -0.4 is 16.0 Å². The Labute approximate surface area is 148 Å². The molecule has 0 bridgehead atoms. The molecule has 4 nitrogen and oxygen atoms in total. The Morgan fingerprint density at radius 2 is 1.33 bits per heavy atom. The van der Waals surface area contributed by atoms with E-state index in [9.17, 15) is 0 Å². The van der Waals surface area contributed by atoms with Crippen LogP contribution in [-0.4, -0.2) is 43.5 Å². The Morgan fingerprint density at radius 3 is 2.17 bits per heavy atom. The van der Waals surface area contributed by atoms with E-state index in [2.05, 4.69) is 28.2 Å². The first-order chi connectivity index (χ1) is 11.9. The molecule has 0 aromatic carbocycles. The van der Waals surface area contributed by atoms with Crippen molar-refractivity contribution in [3.05, 3.63) is 12.3 Å². The van der Waals surface area contributed by atoms with Gasteiger partial charge in [-0.05, 0) is 63.9 Å². The van der Waals surface area contributed by atoms with Crippen LogP contribution in [0.25, 0.3) is 0 Å². The summed E-state index contributed by atoms with van der Waals surface area (Å²) in [5, 5.41) is 11.2. The molecule has 24 heavy (non-hydrogen) atoms. The number of rotatable bonds is 0. The van der Waals surface area contributed by atoms with E-state index in [-0.39, 0.29) is 0 Å². The van der Waals surface area contributed by atoms with E-state index in [4.69, 9.17) is 4.99 Å². The van der Waals surface area contributed by atoms with E-state index in [1.807, 2.05) is 6.21 Å². The third kappa shape index (κ3) is 5.59. The zero-order valence-electron chi connectivity index (χ0n) is 15.2. The molecule has 2 aliphatic carbocycles. The second-order valence-corrected chi connectivity index (χ2v) is 7.75. The largest absolute Gasteiger partial charge is 0.387 e. The Balaban J connectivity index is 1.59. The van der Waals surface area contributed by atoms with Gasteiger partial charge in [-0.15, -0.1) is 0 Å². The van der Waals surface area contributed by atoms with Crippen LogP contribution >= 0.6 is 0 Å². The van der Waals surface area contributed by atoms with Gasteiger partial charge in [0.1, 0.15) is 0 Å². The van der Waals surface area contributed by atoms with Gasteiger partial charge in [-0.25, -0.2) is 0 Å². The highest BCUT2D eigenvalue weighted by atomic mass is 15.0. The predicted octanol–water partition coefficient (Wildman–Crippen LogP) is 3.15. The highest BCUT2D eigenvalue weighted by Gasteiger charge is 2.24. The van der Waals surface area contributed by atoms with Gasteiger partial charge in [-0.1, -0.05) is 32.1 Å². The molecular formula is C20H36N4. The van der Waals surface area contributed by atoms with E-state index in [1.165, 1.54) is 77.2 Å². The second kappa shape index (κ2) is 10.2. The minimum Gasteiger partial charge on any atom is -0.387 e. The van der Waals surface area contributed by atoms with Crippen molar-refractivity contribution < 1.29 is 0 Å². The Hall–Kier alpha value is -0.870. The highest BCUT2D eigenvalue weighted by molar-refractivity contribution is 5.71. The molecule has 3 aliphatic rings. The van der Waals surface area contributed by atoms with E-state index in [1.54, 1.807) is 0 Å². The maximum absolute atomic E-state index is 4.85. The first-order valence-corrected chi connectivity index (χ1v) is 10.3. The monoisotopic (exact) mass is 332 g/mol. The van der Waals surface area contributed by atoms with Gasteiger partial charge in [0.15, 0.2) is 0 Å². The van der Waals surface area contributed by atoms with E-state index in [0.717, 1.165) is 6.54 Å². The Bertz CT molecular complexity index is 406. The van der Waals surface area contributed by atoms with Crippen molar-refractivity contribution >= 4 is 6.21 Å². The minimum atomic E-state index is 0.473. The molecule has 3 rings (SSSR count). The zero-order valence-corrected chi connectivity index (χ0v) is 15.2. The summed E-state index contributed by atoms with van der Waals surface area (Å²) in [7, 11) is 0. The Kier molecular flexibility index (Phi) is 7.62. The number of nitrogens with zero attached hydrogens (tertiary/aromatic N) is 1. The SMILES string of the molecule is C1=CN[C@@H]2CCCC[C@H]2NCCCCCN[C@@H]2CCCC[C@H]2N=C1. The number of hydrogen-bond acceptors (Lipinski definition) is 4. The molecule has 0 spiro atoms. The van der Waals surface area contributed by atoms with Gasteiger partial charge in [0.05, 0.1) is 6.04 Å². The molecule has 0 aromatic rings. The fourth-order valence-corrected chi connectivity index (χ4v) is 4.49. The summed E-state index contributed by atoms with van der Waals surface area (Å²) < 4.78 is 0. The molecule has 3 N–H and O–H groups in total. The molecule has 2 saturated carbocycles. The lowest BCUT2D eigenvalue weighted by atomic mass is 9.90. The minimum absolute atomic E-state index is 0.473. The van der Waals surface area contributed by atoms with Gasteiger partial charge >= 0.3 is 0 Å². The molecule has 4 atom stereocenters. The summed E-state index contributed by atoms with van der Waals surface area (Å²) in [6.45, 7) is 2.32. The molecule has 0 radical (unpaired) electrons. The van der Waals surface area contributed by atoms with Gasteiger partial charge in [-0.2, -0.15) is 0 Å². The van der Waals surface area contributed by atoms with E-state index in [0.29, 0.717) is 24.2 Å². The first-order valence-electron chi connectivity index (χ1n) is 10.3.